The lowest BCUT2D eigenvalue weighted by atomic mass is 10.1. The van der Waals surface area contributed by atoms with E-state index in [1.54, 1.807) is 25.3 Å². The molecular weight excluding hydrogens is 228 g/mol. The van der Waals surface area contributed by atoms with Gasteiger partial charge in [0.25, 0.3) is 0 Å². The van der Waals surface area contributed by atoms with E-state index in [0.717, 1.165) is 5.69 Å². The van der Waals surface area contributed by atoms with Gasteiger partial charge in [-0.15, -0.1) is 0 Å². The second-order valence-corrected chi connectivity index (χ2v) is 3.88. The molecule has 0 atom stereocenters. The van der Waals surface area contributed by atoms with E-state index >= 15 is 0 Å². The van der Waals surface area contributed by atoms with E-state index in [1.165, 1.54) is 0 Å². The number of halogens is 1. The summed E-state index contributed by atoms with van der Waals surface area (Å²) in [6.07, 6.45) is 1.50. The number of nitrogens with zero attached hydrogens (tertiary/aromatic N) is 2. The van der Waals surface area contributed by atoms with Gasteiger partial charge in [0, 0.05) is 16.8 Å². The molecule has 2 rings (SSSR count). The Labute approximate surface area is 96.9 Å². The lowest BCUT2D eigenvalue weighted by Gasteiger charge is -2.05. The van der Waals surface area contributed by atoms with Gasteiger partial charge in [-0.2, -0.15) is 0 Å². The highest BCUT2D eigenvalue weighted by Crippen LogP contribution is 2.24. The quantitative estimate of drug-likeness (QED) is 0.869. The monoisotopic (exact) mass is 236 g/mol. The Morgan fingerprint density at radius 2 is 2.25 bits per heavy atom. The van der Waals surface area contributed by atoms with Crippen LogP contribution in [0.4, 0.5) is 0 Å². The fraction of sp³-hybridized carbons (Fsp3) is 0.182. The molecule has 0 spiro atoms. The van der Waals surface area contributed by atoms with Crippen LogP contribution in [0.3, 0.4) is 0 Å². The van der Waals surface area contributed by atoms with Gasteiger partial charge < -0.3 is 5.11 Å². The maximum Gasteiger partial charge on any atom is 0.307 e. The predicted octanol–water partition coefficient (Wildman–Crippen LogP) is 2.22. The van der Waals surface area contributed by atoms with Gasteiger partial charge in [0.2, 0.25) is 0 Å². The molecule has 4 nitrogen and oxygen atoms in total. The topological polar surface area (TPSA) is 63.1 Å². The summed E-state index contributed by atoms with van der Waals surface area (Å²) >= 11 is 5.97. The summed E-state index contributed by atoms with van der Waals surface area (Å²) in [5, 5.41) is 9.23. The van der Waals surface area contributed by atoms with Crippen molar-refractivity contribution >= 4 is 28.6 Å². The van der Waals surface area contributed by atoms with Gasteiger partial charge in [0.15, 0.2) is 0 Å². The summed E-state index contributed by atoms with van der Waals surface area (Å²) in [5.41, 5.74) is 2.48. The van der Waals surface area contributed by atoms with E-state index in [4.69, 9.17) is 16.7 Å². The van der Waals surface area contributed by atoms with Crippen LogP contribution in [0.5, 0.6) is 0 Å². The number of rotatable bonds is 2. The van der Waals surface area contributed by atoms with Crippen molar-refractivity contribution in [2.45, 2.75) is 13.3 Å². The van der Waals surface area contributed by atoms with E-state index in [1.807, 2.05) is 0 Å². The van der Waals surface area contributed by atoms with E-state index in [9.17, 15) is 4.79 Å². The molecule has 5 heteroatoms. The van der Waals surface area contributed by atoms with Crippen LogP contribution in [0, 0.1) is 6.92 Å². The summed E-state index contributed by atoms with van der Waals surface area (Å²) in [6, 6.07) is 3.38. The van der Waals surface area contributed by atoms with Gasteiger partial charge in [0.1, 0.15) is 0 Å². The van der Waals surface area contributed by atoms with Crippen molar-refractivity contribution in [2.24, 2.45) is 0 Å². The number of hydrogen-bond donors (Lipinski definition) is 1. The van der Waals surface area contributed by atoms with Crippen molar-refractivity contribution in [2.75, 3.05) is 0 Å². The first kappa shape index (κ1) is 10.8. The zero-order chi connectivity index (χ0) is 11.7. The molecule has 2 aromatic rings. The molecule has 16 heavy (non-hydrogen) atoms. The normalized spacial score (nSPS) is 10.6. The Balaban J connectivity index is 2.72. The van der Waals surface area contributed by atoms with Crippen LogP contribution in [0.15, 0.2) is 18.3 Å². The first-order valence-corrected chi connectivity index (χ1v) is 5.08. The van der Waals surface area contributed by atoms with Crippen molar-refractivity contribution in [1.29, 1.82) is 0 Å². The molecule has 0 aliphatic heterocycles. The zero-order valence-corrected chi connectivity index (χ0v) is 9.32. The van der Waals surface area contributed by atoms with Crippen molar-refractivity contribution in [3.63, 3.8) is 0 Å². The van der Waals surface area contributed by atoms with Crippen LogP contribution >= 0.6 is 11.6 Å². The van der Waals surface area contributed by atoms with E-state index in [2.05, 4.69) is 9.97 Å². The van der Waals surface area contributed by atoms with Crippen molar-refractivity contribution < 1.29 is 9.90 Å². The molecule has 0 unspecified atom stereocenters. The molecule has 1 N–H and O–H groups in total. The highest BCUT2D eigenvalue weighted by molar-refractivity contribution is 6.32. The summed E-state index contributed by atoms with van der Waals surface area (Å²) in [5.74, 6) is -0.933. The Hall–Kier alpha value is -1.68. The molecule has 0 radical (unpaired) electrons. The fourth-order valence-corrected chi connectivity index (χ4v) is 1.74. The summed E-state index contributed by atoms with van der Waals surface area (Å²) < 4.78 is 0. The molecule has 0 bridgehead atoms. The van der Waals surface area contributed by atoms with Crippen LogP contribution in [-0.4, -0.2) is 21.0 Å². The molecule has 1 heterocycles. The summed E-state index contributed by atoms with van der Waals surface area (Å²) in [6.45, 7) is 1.80. The Kier molecular flexibility index (Phi) is 2.75. The zero-order valence-electron chi connectivity index (χ0n) is 8.57. The predicted molar refractivity (Wildman–Crippen MR) is 60.6 cm³/mol. The Bertz CT molecular complexity index is 564. The minimum absolute atomic E-state index is 0.145. The van der Waals surface area contributed by atoms with E-state index in [-0.39, 0.29) is 6.42 Å². The molecular formula is C11H9ClN2O2. The van der Waals surface area contributed by atoms with Crippen LogP contribution in [-0.2, 0) is 11.2 Å². The molecule has 0 saturated heterocycles. The minimum Gasteiger partial charge on any atom is -0.481 e. The van der Waals surface area contributed by atoms with E-state index < -0.39 is 5.97 Å². The van der Waals surface area contributed by atoms with Gasteiger partial charge in [-0.1, -0.05) is 11.6 Å². The number of carboxylic acids is 1. The van der Waals surface area contributed by atoms with Gasteiger partial charge in [-0.25, -0.2) is 4.98 Å². The third-order valence-electron chi connectivity index (χ3n) is 2.21. The van der Waals surface area contributed by atoms with Gasteiger partial charge in [-0.05, 0) is 19.1 Å². The number of hydrogen-bond acceptors (Lipinski definition) is 3. The molecule has 0 saturated carbocycles. The Morgan fingerprint density at radius 3 is 2.94 bits per heavy atom. The van der Waals surface area contributed by atoms with Crippen LogP contribution in [0.1, 0.15) is 11.3 Å². The first-order valence-electron chi connectivity index (χ1n) is 4.70. The SMILES string of the molecule is Cc1cnc2ccc(Cl)c(CC(=O)O)c2n1. The van der Waals surface area contributed by atoms with Crippen LogP contribution in [0.2, 0.25) is 5.02 Å². The number of aryl methyl sites for hydroxylation is 1. The average molecular weight is 237 g/mol. The number of aromatic nitrogens is 2. The lowest BCUT2D eigenvalue weighted by Crippen LogP contribution is -2.03. The second kappa shape index (κ2) is 4.06. The van der Waals surface area contributed by atoms with Crippen LogP contribution < -0.4 is 0 Å². The molecule has 82 valence electrons. The summed E-state index contributed by atoms with van der Waals surface area (Å²) in [7, 11) is 0. The molecule has 0 fully saturated rings. The number of benzene rings is 1. The molecule has 0 amide bonds. The molecule has 1 aromatic carbocycles. The van der Waals surface area contributed by atoms with E-state index in [0.29, 0.717) is 21.6 Å². The third kappa shape index (κ3) is 1.97. The fourth-order valence-electron chi connectivity index (χ4n) is 1.52. The number of carboxylic acid groups (broad SMARTS) is 1. The highest BCUT2D eigenvalue weighted by Gasteiger charge is 2.12. The van der Waals surface area contributed by atoms with Crippen molar-refractivity contribution in [3.05, 3.63) is 34.6 Å². The van der Waals surface area contributed by atoms with Gasteiger partial charge in [0.05, 0.1) is 23.1 Å². The molecule has 0 aliphatic carbocycles. The lowest BCUT2D eigenvalue weighted by molar-refractivity contribution is -0.136. The molecule has 1 aromatic heterocycles. The maximum absolute atomic E-state index is 10.7. The number of fused-ring (bicyclic) bond motifs is 1. The number of carbonyl (C=O) groups is 1. The standard InChI is InChI=1S/C11H9ClN2O2/c1-6-5-13-9-3-2-8(12)7(4-10(15)16)11(9)14-6/h2-3,5H,4H2,1H3,(H,15,16). The van der Waals surface area contributed by atoms with Crippen molar-refractivity contribution in [1.82, 2.24) is 9.97 Å². The highest BCUT2D eigenvalue weighted by atomic mass is 35.5. The number of aliphatic carboxylic acids is 1. The van der Waals surface area contributed by atoms with Crippen molar-refractivity contribution in [3.8, 4) is 0 Å². The van der Waals surface area contributed by atoms with Gasteiger partial charge in [-0.3, -0.25) is 9.78 Å². The average Bonchev–Trinajstić information content (AvgIpc) is 2.22. The molecule has 0 aliphatic rings. The third-order valence-corrected chi connectivity index (χ3v) is 2.57. The Morgan fingerprint density at radius 1 is 1.50 bits per heavy atom. The first-order chi connectivity index (χ1) is 7.58. The summed E-state index contributed by atoms with van der Waals surface area (Å²) in [4.78, 5) is 19.2. The largest absolute Gasteiger partial charge is 0.481 e. The van der Waals surface area contributed by atoms with Gasteiger partial charge >= 0.3 is 5.97 Å². The minimum atomic E-state index is -0.933. The second-order valence-electron chi connectivity index (χ2n) is 3.48. The van der Waals surface area contributed by atoms with Crippen LogP contribution in [0.25, 0.3) is 11.0 Å². The maximum atomic E-state index is 10.7. The smallest absolute Gasteiger partial charge is 0.307 e.